The maximum absolute atomic E-state index is 2.52. The minimum atomic E-state index is 0.618. The second-order valence-electron chi connectivity index (χ2n) is 5.04. The van der Waals surface area contributed by atoms with Gasteiger partial charge >= 0.3 is 0 Å². The topological polar surface area (TPSA) is 3.24 Å². The fourth-order valence-corrected chi connectivity index (χ4v) is 2.74. The molecule has 0 aromatic carbocycles. The monoisotopic (exact) mass is 243 g/mol. The molecule has 1 saturated heterocycles. The second kappa shape index (κ2) is 11.1. The zero-order valence-corrected chi connectivity index (χ0v) is 13.8. The first kappa shape index (κ1) is 19.3. The fourth-order valence-electron chi connectivity index (χ4n) is 2.74. The third kappa shape index (κ3) is 5.90. The van der Waals surface area contributed by atoms with Gasteiger partial charge in [-0.05, 0) is 51.6 Å². The highest BCUT2D eigenvalue weighted by Crippen LogP contribution is 2.40. The minimum Gasteiger partial charge on any atom is -0.303 e. The number of nitrogens with zero attached hydrogens (tertiary/aromatic N) is 1. The SMILES string of the molecule is CC.CCC.CCC1(CC)CCCN(C)C1C. The van der Waals surface area contributed by atoms with Gasteiger partial charge in [0.05, 0.1) is 0 Å². The van der Waals surface area contributed by atoms with Crippen LogP contribution >= 0.6 is 0 Å². The first-order valence-electron chi connectivity index (χ1n) is 7.78. The summed E-state index contributed by atoms with van der Waals surface area (Å²) in [5, 5.41) is 0. The van der Waals surface area contributed by atoms with Crippen LogP contribution in [-0.2, 0) is 0 Å². The van der Waals surface area contributed by atoms with Crippen molar-refractivity contribution in [1.82, 2.24) is 4.90 Å². The molecule has 1 fully saturated rings. The summed E-state index contributed by atoms with van der Waals surface area (Å²) in [5.74, 6) is 0. The van der Waals surface area contributed by atoms with Crippen LogP contribution < -0.4 is 0 Å². The molecule has 0 aromatic heterocycles. The van der Waals surface area contributed by atoms with Gasteiger partial charge in [0, 0.05) is 6.04 Å². The van der Waals surface area contributed by atoms with Gasteiger partial charge < -0.3 is 4.90 Å². The largest absolute Gasteiger partial charge is 0.303 e. The summed E-state index contributed by atoms with van der Waals surface area (Å²) < 4.78 is 0. The normalized spacial score (nSPS) is 22.9. The van der Waals surface area contributed by atoms with Crippen LogP contribution in [0.3, 0.4) is 0 Å². The van der Waals surface area contributed by atoms with Crippen molar-refractivity contribution in [3.05, 3.63) is 0 Å². The van der Waals surface area contributed by atoms with Crippen molar-refractivity contribution in [3.63, 3.8) is 0 Å². The predicted octanol–water partition coefficient (Wildman–Crippen LogP) is 5.35. The summed E-state index contributed by atoms with van der Waals surface area (Å²) >= 11 is 0. The van der Waals surface area contributed by atoms with E-state index in [4.69, 9.17) is 0 Å². The van der Waals surface area contributed by atoms with Crippen molar-refractivity contribution in [2.45, 2.75) is 86.6 Å². The van der Waals surface area contributed by atoms with Crippen molar-refractivity contribution < 1.29 is 0 Å². The van der Waals surface area contributed by atoms with Crippen LogP contribution in [0.5, 0.6) is 0 Å². The Morgan fingerprint density at radius 2 is 1.47 bits per heavy atom. The number of rotatable bonds is 2. The van der Waals surface area contributed by atoms with Crippen molar-refractivity contribution in [2.75, 3.05) is 13.6 Å². The molecule has 106 valence electrons. The Labute approximate surface area is 111 Å². The smallest absolute Gasteiger partial charge is 0.0120 e. The van der Waals surface area contributed by atoms with Gasteiger partial charge in [-0.1, -0.05) is 48.0 Å². The molecule has 0 radical (unpaired) electrons. The summed E-state index contributed by atoms with van der Waals surface area (Å²) in [4.78, 5) is 2.52. The molecule has 1 heteroatoms. The van der Waals surface area contributed by atoms with Gasteiger partial charge in [-0.3, -0.25) is 0 Å². The third-order valence-electron chi connectivity index (χ3n) is 4.14. The van der Waals surface area contributed by atoms with Crippen molar-refractivity contribution >= 4 is 0 Å². The molecule has 0 bridgehead atoms. The molecule has 1 heterocycles. The number of hydrogen-bond donors (Lipinski definition) is 0. The van der Waals surface area contributed by atoms with E-state index in [1.807, 2.05) is 13.8 Å². The molecule has 1 aliphatic heterocycles. The van der Waals surface area contributed by atoms with Gasteiger partial charge in [0.25, 0.3) is 0 Å². The standard InChI is InChI=1S/C11H23N.C3H8.C2H6/c1-5-11(6-2)8-7-9-12(4)10(11)3;1-3-2;1-2/h10H,5-9H2,1-4H3;3H2,1-2H3;1-2H3. The highest BCUT2D eigenvalue weighted by molar-refractivity contribution is 4.90. The Hall–Kier alpha value is -0.0400. The number of hydrogen-bond acceptors (Lipinski definition) is 1. The Morgan fingerprint density at radius 1 is 1.06 bits per heavy atom. The van der Waals surface area contributed by atoms with Crippen LogP contribution in [0.15, 0.2) is 0 Å². The van der Waals surface area contributed by atoms with Gasteiger partial charge in [0.2, 0.25) is 0 Å². The second-order valence-corrected chi connectivity index (χ2v) is 5.04. The van der Waals surface area contributed by atoms with Gasteiger partial charge in [-0.2, -0.15) is 0 Å². The van der Waals surface area contributed by atoms with E-state index in [9.17, 15) is 0 Å². The molecule has 0 amide bonds. The van der Waals surface area contributed by atoms with E-state index in [1.54, 1.807) is 0 Å². The lowest BCUT2D eigenvalue weighted by atomic mass is 9.70. The van der Waals surface area contributed by atoms with Crippen molar-refractivity contribution in [3.8, 4) is 0 Å². The minimum absolute atomic E-state index is 0.618. The highest BCUT2D eigenvalue weighted by atomic mass is 15.1. The summed E-state index contributed by atoms with van der Waals surface area (Å²) in [5.41, 5.74) is 0.618. The lowest BCUT2D eigenvalue weighted by molar-refractivity contribution is 0.0343. The van der Waals surface area contributed by atoms with E-state index in [0.717, 1.165) is 6.04 Å². The molecule has 1 atom stereocenters. The summed E-state index contributed by atoms with van der Waals surface area (Å²) in [6.07, 6.45) is 6.76. The molecular weight excluding hydrogens is 206 g/mol. The molecule has 0 aliphatic carbocycles. The summed E-state index contributed by atoms with van der Waals surface area (Å²) in [7, 11) is 2.27. The van der Waals surface area contributed by atoms with Gasteiger partial charge in [0.15, 0.2) is 0 Å². The molecule has 0 saturated carbocycles. The zero-order valence-electron chi connectivity index (χ0n) is 13.8. The number of likely N-dealkylation sites (tertiary alicyclic amines) is 1. The average Bonchev–Trinajstić information content (AvgIpc) is 2.37. The van der Waals surface area contributed by atoms with Gasteiger partial charge in [-0.15, -0.1) is 0 Å². The van der Waals surface area contributed by atoms with E-state index in [1.165, 1.54) is 38.6 Å². The van der Waals surface area contributed by atoms with E-state index < -0.39 is 0 Å². The summed E-state index contributed by atoms with van der Waals surface area (Å²) in [6, 6.07) is 0.779. The van der Waals surface area contributed by atoms with Crippen LogP contribution in [0.1, 0.15) is 80.6 Å². The quantitative estimate of drug-likeness (QED) is 0.632. The Morgan fingerprint density at radius 3 is 1.76 bits per heavy atom. The van der Waals surface area contributed by atoms with E-state index in [-0.39, 0.29) is 0 Å². The lowest BCUT2D eigenvalue weighted by Crippen LogP contribution is -2.48. The highest BCUT2D eigenvalue weighted by Gasteiger charge is 2.37. The molecule has 1 aliphatic rings. The molecule has 0 spiro atoms. The van der Waals surface area contributed by atoms with Crippen LogP contribution in [-0.4, -0.2) is 24.5 Å². The average molecular weight is 243 g/mol. The van der Waals surface area contributed by atoms with Crippen LogP contribution in [0.25, 0.3) is 0 Å². The third-order valence-corrected chi connectivity index (χ3v) is 4.14. The van der Waals surface area contributed by atoms with E-state index in [2.05, 4.69) is 46.6 Å². The summed E-state index contributed by atoms with van der Waals surface area (Å²) in [6.45, 7) is 16.6. The maximum Gasteiger partial charge on any atom is 0.0120 e. The molecule has 1 nitrogen and oxygen atoms in total. The molecule has 0 aromatic rings. The van der Waals surface area contributed by atoms with Gasteiger partial charge in [0.1, 0.15) is 0 Å². The zero-order chi connectivity index (χ0) is 13.9. The number of piperidine rings is 1. The van der Waals surface area contributed by atoms with Crippen molar-refractivity contribution in [2.24, 2.45) is 5.41 Å². The predicted molar refractivity (Wildman–Crippen MR) is 81.7 cm³/mol. The Balaban J connectivity index is 0. The maximum atomic E-state index is 2.52. The fraction of sp³-hybridized carbons (Fsp3) is 1.00. The first-order valence-corrected chi connectivity index (χ1v) is 7.78. The van der Waals surface area contributed by atoms with Crippen LogP contribution in [0, 0.1) is 5.41 Å². The molecule has 17 heavy (non-hydrogen) atoms. The molecule has 0 N–H and O–H groups in total. The van der Waals surface area contributed by atoms with E-state index in [0.29, 0.717) is 5.41 Å². The first-order chi connectivity index (χ1) is 8.07. The van der Waals surface area contributed by atoms with Crippen molar-refractivity contribution in [1.29, 1.82) is 0 Å². The molecular formula is C16H37N. The van der Waals surface area contributed by atoms with Gasteiger partial charge in [-0.25, -0.2) is 0 Å². The lowest BCUT2D eigenvalue weighted by Gasteiger charge is -2.47. The Kier molecular flexibility index (Phi) is 12.6. The van der Waals surface area contributed by atoms with E-state index >= 15 is 0 Å². The molecule has 1 rings (SSSR count). The molecule has 1 unspecified atom stereocenters. The Bertz CT molecular complexity index is 150. The van der Waals surface area contributed by atoms with Crippen LogP contribution in [0.2, 0.25) is 0 Å². The van der Waals surface area contributed by atoms with Crippen LogP contribution in [0.4, 0.5) is 0 Å².